The third-order valence-electron chi connectivity index (χ3n) is 4.98. The first-order valence-electron chi connectivity index (χ1n) is 9.08. The summed E-state index contributed by atoms with van der Waals surface area (Å²) < 4.78 is 10.8. The zero-order chi connectivity index (χ0) is 18.2. The van der Waals surface area contributed by atoms with Crippen LogP contribution in [-0.2, 0) is 14.9 Å². The molecule has 0 radical (unpaired) electrons. The molecule has 2 fully saturated rings. The molecule has 1 aliphatic heterocycles. The maximum absolute atomic E-state index is 12.6. The van der Waals surface area contributed by atoms with E-state index in [0.29, 0.717) is 31.8 Å². The molecule has 0 aromatic carbocycles. The molecule has 1 aromatic rings. The van der Waals surface area contributed by atoms with Crippen LogP contribution in [0.5, 0.6) is 0 Å². The highest BCUT2D eigenvalue weighted by Crippen LogP contribution is 2.44. The highest BCUT2D eigenvalue weighted by Gasteiger charge is 2.52. The molecule has 3 rings (SSSR count). The monoisotopic (exact) mass is 349 g/mol. The lowest BCUT2D eigenvalue weighted by molar-refractivity contribution is -0.166. The standard InChI is InChI=1S/C18H27N3O4/c1-12-7-5-10-21(11-12)14(22)13-19-15(20-25-13)18(8-6-9-18)16(23)24-17(2,3)4/h12H,5-11H2,1-4H3. The highest BCUT2D eigenvalue weighted by molar-refractivity contribution is 5.90. The second-order valence-corrected chi connectivity index (χ2v) is 8.36. The van der Waals surface area contributed by atoms with E-state index in [1.54, 1.807) is 4.90 Å². The Balaban J connectivity index is 1.77. The number of carbonyl (C=O) groups is 2. The van der Waals surface area contributed by atoms with E-state index < -0.39 is 11.0 Å². The van der Waals surface area contributed by atoms with Crippen molar-refractivity contribution >= 4 is 11.9 Å². The van der Waals surface area contributed by atoms with Crippen LogP contribution in [0.3, 0.4) is 0 Å². The number of likely N-dealkylation sites (tertiary alicyclic amines) is 1. The zero-order valence-electron chi connectivity index (χ0n) is 15.5. The van der Waals surface area contributed by atoms with Crippen molar-refractivity contribution in [3.05, 3.63) is 11.7 Å². The Kier molecular flexibility index (Phi) is 4.60. The van der Waals surface area contributed by atoms with E-state index in [1.807, 2.05) is 20.8 Å². The van der Waals surface area contributed by atoms with Crippen LogP contribution >= 0.6 is 0 Å². The number of rotatable bonds is 3. The predicted octanol–water partition coefficient (Wildman–Crippen LogP) is 2.71. The normalized spacial score (nSPS) is 23.0. The van der Waals surface area contributed by atoms with Gasteiger partial charge in [-0.3, -0.25) is 9.59 Å². The Morgan fingerprint density at radius 1 is 1.28 bits per heavy atom. The molecule has 7 nitrogen and oxygen atoms in total. The Labute approximate surface area is 148 Å². The second-order valence-electron chi connectivity index (χ2n) is 8.36. The molecule has 1 amide bonds. The first-order valence-corrected chi connectivity index (χ1v) is 9.08. The van der Waals surface area contributed by atoms with Gasteiger partial charge in [0.15, 0.2) is 5.82 Å². The average molecular weight is 349 g/mol. The molecule has 1 aromatic heterocycles. The molecule has 1 aliphatic carbocycles. The lowest BCUT2D eigenvalue weighted by Crippen LogP contribution is -2.47. The lowest BCUT2D eigenvalue weighted by atomic mass is 9.68. The number of hydrogen-bond donors (Lipinski definition) is 0. The summed E-state index contributed by atoms with van der Waals surface area (Å²) in [6.07, 6.45) is 4.25. The van der Waals surface area contributed by atoms with Gasteiger partial charge >= 0.3 is 17.8 Å². The van der Waals surface area contributed by atoms with Crippen LogP contribution in [0.25, 0.3) is 0 Å². The molecule has 1 saturated carbocycles. The summed E-state index contributed by atoms with van der Waals surface area (Å²) in [7, 11) is 0. The number of nitrogens with zero attached hydrogens (tertiary/aromatic N) is 3. The number of piperidine rings is 1. The van der Waals surface area contributed by atoms with Gasteiger partial charge in [0.05, 0.1) is 0 Å². The number of amides is 1. The first-order chi connectivity index (χ1) is 11.7. The van der Waals surface area contributed by atoms with Crippen molar-refractivity contribution in [2.75, 3.05) is 13.1 Å². The van der Waals surface area contributed by atoms with E-state index in [4.69, 9.17) is 9.26 Å². The van der Waals surface area contributed by atoms with Gasteiger partial charge in [-0.05, 0) is 52.4 Å². The van der Waals surface area contributed by atoms with Gasteiger partial charge in [0.25, 0.3) is 0 Å². The Hall–Kier alpha value is -1.92. The molecule has 0 N–H and O–H groups in total. The molecular formula is C18H27N3O4. The van der Waals surface area contributed by atoms with Crippen LogP contribution in [0.4, 0.5) is 0 Å². The second kappa shape index (κ2) is 6.42. The summed E-state index contributed by atoms with van der Waals surface area (Å²) in [5, 5.41) is 3.96. The van der Waals surface area contributed by atoms with Gasteiger partial charge in [-0.2, -0.15) is 4.98 Å². The van der Waals surface area contributed by atoms with Gasteiger partial charge in [-0.25, -0.2) is 0 Å². The number of hydrogen-bond acceptors (Lipinski definition) is 6. The summed E-state index contributed by atoms with van der Waals surface area (Å²) in [5.74, 6) is 0.141. The van der Waals surface area contributed by atoms with Crippen LogP contribution < -0.4 is 0 Å². The van der Waals surface area contributed by atoms with E-state index >= 15 is 0 Å². The minimum atomic E-state index is -0.871. The quantitative estimate of drug-likeness (QED) is 0.780. The van der Waals surface area contributed by atoms with E-state index in [0.717, 1.165) is 19.3 Å². The van der Waals surface area contributed by atoms with Gasteiger partial charge in [0.2, 0.25) is 0 Å². The maximum atomic E-state index is 12.6. The number of aromatic nitrogens is 2. The van der Waals surface area contributed by atoms with Crippen molar-refractivity contribution in [1.29, 1.82) is 0 Å². The van der Waals surface area contributed by atoms with E-state index in [9.17, 15) is 9.59 Å². The van der Waals surface area contributed by atoms with Crippen molar-refractivity contribution in [2.45, 2.75) is 70.8 Å². The fourth-order valence-corrected chi connectivity index (χ4v) is 3.44. The lowest BCUT2D eigenvalue weighted by Gasteiger charge is -2.38. The molecule has 1 unspecified atom stereocenters. The smallest absolute Gasteiger partial charge is 0.320 e. The van der Waals surface area contributed by atoms with Crippen molar-refractivity contribution < 1.29 is 18.8 Å². The van der Waals surface area contributed by atoms with Crippen LogP contribution in [-0.4, -0.2) is 45.6 Å². The Morgan fingerprint density at radius 3 is 2.56 bits per heavy atom. The molecular weight excluding hydrogens is 322 g/mol. The Bertz CT molecular complexity index is 658. The summed E-state index contributed by atoms with van der Waals surface area (Å²) in [5.41, 5.74) is -1.45. The van der Waals surface area contributed by atoms with Crippen molar-refractivity contribution in [2.24, 2.45) is 5.92 Å². The minimum absolute atomic E-state index is 0.0288. The van der Waals surface area contributed by atoms with Gasteiger partial charge < -0.3 is 14.2 Å². The summed E-state index contributed by atoms with van der Waals surface area (Å²) >= 11 is 0. The van der Waals surface area contributed by atoms with Crippen molar-refractivity contribution in [3.63, 3.8) is 0 Å². The Morgan fingerprint density at radius 2 is 2.00 bits per heavy atom. The van der Waals surface area contributed by atoms with Gasteiger partial charge in [-0.1, -0.05) is 18.5 Å². The minimum Gasteiger partial charge on any atom is -0.459 e. The zero-order valence-corrected chi connectivity index (χ0v) is 15.5. The third-order valence-corrected chi connectivity index (χ3v) is 4.98. The van der Waals surface area contributed by atoms with Crippen LogP contribution in [0.15, 0.2) is 4.52 Å². The van der Waals surface area contributed by atoms with Crippen molar-refractivity contribution in [3.8, 4) is 0 Å². The largest absolute Gasteiger partial charge is 0.459 e. The van der Waals surface area contributed by atoms with Gasteiger partial charge in [0, 0.05) is 13.1 Å². The molecule has 7 heteroatoms. The summed E-state index contributed by atoms with van der Waals surface area (Å²) in [4.78, 5) is 31.3. The molecule has 1 atom stereocenters. The summed E-state index contributed by atoms with van der Waals surface area (Å²) in [6, 6.07) is 0. The third kappa shape index (κ3) is 3.55. The predicted molar refractivity (Wildman–Crippen MR) is 90.0 cm³/mol. The number of esters is 1. The van der Waals surface area contributed by atoms with E-state index in [1.165, 1.54) is 0 Å². The number of ether oxygens (including phenoxy) is 1. The fraction of sp³-hybridized carbons (Fsp3) is 0.778. The van der Waals surface area contributed by atoms with Crippen LogP contribution in [0.1, 0.15) is 76.3 Å². The fourth-order valence-electron chi connectivity index (χ4n) is 3.44. The molecule has 1 saturated heterocycles. The topological polar surface area (TPSA) is 85.5 Å². The first kappa shape index (κ1) is 17.9. The van der Waals surface area contributed by atoms with Crippen LogP contribution in [0.2, 0.25) is 0 Å². The van der Waals surface area contributed by atoms with Crippen LogP contribution in [0, 0.1) is 5.92 Å². The van der Waals surface area contributed by atoms with Crippen molar-refractivity contribution in [1.82, 2.24) is 15.0 Å². The molecule has 25 heavy (non-hydrogen) atoms. The number of carbonyl (C=O) groups excluding carboxylic acids is 2. The molecule has 0 spiro atoms. The maximum Gasteiger partial charge on any atom is 0.320 e. The summed E-state index contributed by atoms with van der Waals surface area (Å²) in [6.45, 7) is 9.04. The van der Waals surface area contributed by atoms with E-state index in [2.05, 4.69) is 17.1 Å². The van der Waals surface area contributed by atoms with E-state index in [-0.39, 0.29) is 23.6 Å². The SMILES string of the molecule is CC1CCCN(C(=O)c2nc(C3(C(=O)OC(C)(C)C)CCC3)no2)C1. The van der Waals surface area contributed by atoms with Gasteiger partial charge in [-0.15, -0.1) is 0 Å². The molecule has 2 heterocycles. The van der Waals surface area contributed by atoms with Gasteiger partial charge in [0.1, 0.15) is 11.0 Å². The molecule has 138 valence electrons. The molecule has 0 bridgehead atoms. The average Bonchev–Trinajstić information content (AvgIpc) is 2.93. The highest BCUT2D eigenvalue weighted by atomic mass is 16.6. The molecule has 2 aliphatic rings.